The van der Waals surface area contributed by atoms with E-state index in [0.29, 0.717) is 27.1 Å². The molecule has 31 heavy (non-hydrogen) atoms. The Labute approximate surface area is 190 Å². The van der Waals surface area contributed by atoms with Crippen LogP contribution in [0.4, 0.5) is 5.69 Å². The number of carbonyl (C=O) groups is 1. The van der Waals surface area contributed by atoms with E-state index in [1.54, 1.807) is 13.1 Å². The number of hydrogen-bond donors (Lipinski definition) is 0. The van der Waals surface area contributed by atoms with Crippen LogP contribution in [0.25, 0.3) is 6.08 Å². The molecule has 162 valence electrons. The first-order chi connectivity index (χ1) is 14.8. The Bertz CT molecular complexity index is 1070. The Kier molecular flexibility index (Phi) is 7.29. The van der Waals surface area contributed by atoms with E-state index in [1.165, 1.54) is 28.7 Å². The van der Waals surface area contributed by atoms with Crippen LogP contribution in [0.5, 0.6) is 11.5 Å². The van der Waals surface area contributed by atoms with Crippen molar-refractivity contribution in [3.05, 3.63) is 68.1 Å². The summed E-state index contributed by atoms with van der Waals surface area (Å²) in [5.74, 6) is 0.951. The fourth-order valence-electron chi connectivity index (χ4n) is 3.00. The van der Waals surface area contributed by atoms with E-state index in [4.69, 9.17) is 21.7 Å². The molecule has 0 aromatic heterocycles. The van der Waals surface area contributed by atoms with Crippen molar-refractivity contribution in [2.75, 3.05) is 20.3 Å². The summed E-state index contributed by atoms with van der Waals surface area (Å²) in [4.78, 5) is 24.8. The highest BCUT2D eigenvalue weighted by Gasteiger charge is 2.29. The predicted octanol–water partition coefficient (Wildman–Crippen LogP) is 4.75. The van der Waals surface area contributed by atoms with E-state index in [-0.39, 0.29) is 18.2 Å². The number of nitro groups is 1. The molecule has 0 radical (unpaired) electrons. The summed E-state index contributed by atoms with van der Waals surface area (Å²) in [6, 6.07) is 10.4. The fourth-order valence-corrected chi connectivity index (χ4v) is 4.17. The number of aryl methyl sites for hydroxylation is 2. The molecule has 1 heterocycles. The molecule has 1 saturated heterocycles. The lowest BCUT2D eigenvalue weighted by Crippen LogP contribution is -2.22. The van der Waals surface area contributed by atoms with Gasteiger partial charge in [-0.3, -0.25) is 19.8 Å². The molecule has 7 nitrogen and oxygen atoms in total. The average Bonchev–Trinajstić information content (AvgIpc) is 2.98. The zero-order valence-electron chi connectivity index (χ0n) is 17.4. The zero-order chi connectivity index (χ0) is 22.5. The SMILES string of the molecule is CCc1cc(C)cc(OCCOc2ccc([N+](=O)[O-])cc2C=C2SC(=S)N(C)C2=O)c1. The van der Waals surface area contributed by atoms with E-state index in [9.17, 15) is 14.9 Å². The maximum Gasteiger partial charge on any atom is 0.270 e. The minimum Gasteiger partial charge on any atom is -0.490 e. The summed E-state index contributed by atoms with van der Waals surface area (Å²) >= 11 is 6.29. The number of rotatable bonds is 8. The summed E-state index contributed by atoms with van der Waals surface area (Å²) in [7, 11) is 1.59. The Morgan fingerprint density at radius 2 is 1.94 bits per heavy atom. The molecule has 9 heteroatoms. The van der Waals surface area contributed by atoms with Gasteiger partial charge in [0.1, 0.15) is 29.0 Å². The smallest absolute Gasteiger partial charge is 0.270 e. The monoisotopic (exact) mass is 458 g/mol. The minimum absolute atomic E-state index is 0.0892. The maximum absolute atomic E-state index is 12.3. The second kappa shape index (κ2) is 9.93. The lowest BCUT2D eigenvalue weighted by atomic mass is 10.1. The van der Waals surface area contributed by atoms with Gasteiger partial charge in [0.2, 0.25) is 0 Å². The number of thiocarbonyl (C=S) groups is 1. The summed E-state index contributed by atoms with van der Waals surface area (Å²) in [6.45, 7) is 4.65. The lowest BCUT2D eigenvalue weighted by Gasteiger charge is -2.12. The van der Waals surface area contributed by atoms with Crippen molar-refractivity contribution in [2.45, 2.75) is 20.3 Å². The third kappa shape index (κ3) is 5.62. The first-order valence-electron chi connectivity index (χ1n) is 9.64. The van der Waals surface area contributed by atoms with Crippen molar-refractivity contribution in [1.29, 1.82) is 0 Å². The van der Waals surface area contributed by atoms with Gasteiger partial charge in [-0.15, -0.1) is 0 Å². The van der Waals surface area contributed by atoms with Crippen LogP contribution in [0, 0.1) is 17.0 Å². The summed E-state index contributed by atoms with van der Waals surface area (Å²) in [5, 5.41) is 11.2. The largest absolute Gasteiger partial charge is 0.490 e. The van der Waals surface area contributed by atoms with Gasteiger partial charge in [-0.25, -0.2) is 0 Å². The van der Waals surface area contributed by atoms with Gasteiger partial charge in [0, 0.05) is 24.7 Å². The second-order valence-electron chi connectivity index (χ2n) is 6.92. The van der Waals surface area contributed by atoms with E-state index in [2.05, 4.69) is 13.0 Å². The molecule has 0 saturated carbocycles. The molecular formula is C22H22N2O5S2. The van der Waals surface area contributed by atoms with Gasteiger partial charge >= 0.3 is 0 Å². The highest BCUT2D eigenvalue weighted by atomic mass is 32.2. The molecule has 0 spiro atoms. The van der Waals surface area contributed by atoms with E-state index < -0.39 is 4.92 Å². The maximum atomic E-state index is 12.3. The van der Waals surface area contributed by atoms with Crippen molar-refractivity contribution in [3.8, 4) is 11.5 Å². The molecule has 0 atom stereocenters. The quantitative estimate of drug-likeness (QED) is 0.186. The van der Waals surface area contributed by atoms with Crippen LogP contribution in [0.1, 0.15) is 23.6 Å². The topological polar surface area (TPSA) is 81.9 Å². The number of benzene rings is 2. The van der Waals surface area contributed by atoms with Gasteiger partial charge in [0.15, 0.2) is 0 Å². The number of nitrogens with zero attached hydrogens (tertiary/aromatic N) is 2. The Hall–Kier alpha value is -2.91. The standard InChI is InChI=1S/C22H22N2O5S2/c1-4-15-9-14(2)10-18(11-15)28-7-8-29-19-6-5-17(24(26)27)12-16(19)13-20-21(25)23(3)22(30)31-20/h5-6,9-13H,4,7-8H2,1-3H3. The molecule has 2 aromatic carbocycles. The Morgan fingerprint density at radius 1 is 1.19 bits per heavy atom. The van der Waals surface area contributed by atoms with Gasteiger partial charge in [0.05, 0.1) is 9.83 Å². The Morgan fingerprint density at radius 3 is 2.58 bits per heavy atom. The highest BCUT2D eigenvalue weighted by molar-refractivity contribution is 8.26. The van der Waals surface area contributed by atoms with Crippen molar-refractivity contribution >= 4 is 46.0 Å². The first kappa shape index (κ1) is 22.8. The number of carbonyl (C=O) groups excluding carboxylic acids is 1. The Balaban J connectivity index is 1.74. The van der Waals surface area contributed by atoms with Gasteiger partial charge in [-0.05, 0) is 48.7 Å². The molecule has 2 aromatic rings. The first-order valence-corrected chi connectivity index (χ1v) is 10.9. The van der Waals surface area contributed by atoms with Crippen molar-refractivity contribution < 1.29 is 19.2 Å². The fraction of sp³-hybridized carbons (Fsp3) is 0.273. The van der Waals surface area contributed by atoms with Gasteiger partial charge in [-0.1, -0.05) is 37.0 Å². The summed E-state index contributed by atoms with van der Waals surface area (Å²) in [5.41, 5.74) is 2.67. The van der Waals surface area contributed by atoms with Crippen LogP contribution in [-0.2, 0) is 11.2 Å². The number of amides is 1. The predicted molar refractivity (Wildman–Crippen MR) is 126 cm³/mol. The van der Waals surface area contributed by atoms with Crippen LogP contribution in [0.3, 0.4) is 0 Å². The van der Waals surface area contributed by atoms with Crippen LogP contribution in [-0.4, -0.2) is 40.3 Å². The van der Waals surface area contributed by atoms with Gasteiger partial charge in [0.25, 0.3) is 11.6 Å². The van der Waals surface area contributed by atoms with Gasteiger partial charge < -0.3 is 9.47 Å². The molecule has 0 aliphatic carbocycles. The van der Waals surface area contributed by atoms with Crippen molar-refractivity contribution in [1.82, 2.24) is 4.90 Å². The van der Waals surface area contributed by atoms with E-state index in [1.807, 2.05) is 19.1 Å². The van der Waals surface area contributed by atoms with Crippen molar-refractivity contribution in [2.24, 2.45) is 0 Å². The number of ether oxygens (including phenoxy) is 2. The molecule has 1 amide bonds. The van der Waals surface area contributed by atoms with Crippen LogP contribution < -0.4 is 9.47 Å². The minimum atomic E-state index is -0.488. The van der Waals surface area contributed by atoms with E-state index >= 15 is 0 Å². The van der Waals surface area contributed by atoms with Crippen LogP contribution in [0.15, 0.2) is 41.3 Å². The molecule has 3 rings (SSSR count). The number of hydrogen-bond acceptors (Lipinski definition) is 7. The normalized spacial score (nSPS) is 14.9. The van der Waals surface area contributed by atoms with E-state index in [0.717, 1.165) is 29.5 Å². The van der Waals surface area contributed by atoms with Gasteiger partial charge in [-0.2, -0.15) is 0 Å². The molecule has 0 bridgehead atoms. The third-order valence-electron chi connectivity index (χ3n) is 4.61. The molecule has 0 N–H and O–H groups in total. The summed E-state index contributed by atoms with van der Waals surface area (Å²) in [6.07, 6.45) is 2.49. The van der Waals surface area contributed by atoms with Crippen LogP contribution in [0.2, 0.25) is 0 Å². The van der Waals surface area contributed by atoms with Crippen molar-refractivity contribution in [3.63, 3.8) is 0 Å². The molecule has 1 fully saturated rings. The van der Waals surface area contributed by atoms with Crippen LogP contribution >= 0.6 is 24.0 Å². The highest BCUT2D eigenvalue weighted by Crippen LogP contribution is 2.34. The number of likely N-dealkylation sites (N-methyl/N-ethyl adjacent to an activating group) is 1. The summed E-state index contributed by atoms with van der Waals surface area (Å²) < 4.78 is 12.1. The molecule has 0 unspecified atom stereocenters. The number of non-ortho nitro benzene ring substituents is 1. The number of thioether (sulfide) groups is 1. The average molecular weight is 459 g/mol. The zero-order valence-corrected chi connectivity index (χ0v) is 19.0. The second-order valence-corrected chi connectivity index (χ2v) is 8.60. The third-order valence-corrected chi connectivity index (χ3v) is 6.09. The molecule has 1 aliphatic heterocycles. The number of nitro benzene ring substituents is 1. The molecular weight excluding hydrogens is 436 g/mol. The lowest BCUT2D eigenvalue weighted by molar-refractivity contribution is -0.384. The molecule has 1 aliphatic rings.